The molecular formula is C13H17BrO2. The second kappa shape index (κ2) is 4.47. The van der Waals surface area contributed by atoms with E-state index in [4.69, 9.17) is 4.74 Å². The molecule has 0 radical (unpaired) electrons. The Hall–Kier alpha value is -0.380. The van der Waals surface area contributed by atoms with Crippen LogP contribution in [0.15, 0.2) is 28.7 Å². The van der Waals surface area contributed by atoms with Crippen LogP contribution in [0.2, 0.25) is 0 Å². The van der Waals surface area contributed by atoms with Crippen molar-refractivity contribution in [3.63, 3.8) is 0 Å². The maximum Gasteiger partial charge on any atom is 0.155 e. The number of rotatable bonds is 1. The monoisotopic (exact) mass is 284 g/mol. The zero-order chi connectivity index (χ0) is 11.8. The summed E-state index contributed by atoms with van der Waals surface area (Å²) in [6, 6.07) is 8.32. The highest BCUT2D eigenvalue weighted by Gasteiger charge is 2.34. The van der Waals surface area contributed by atoms with Gasteiger partial charge < -0.3 is 9.84 Å². The summed E-state index contributed by atoms with van der Waals surface area (Å²) in [5.41, 5.74) is 1.04. The van der Waals surface area contributed by atoms with Crippen molar-refractivity contribution in [2.24, 2.45) is 0 Å². The first-order chi connectivity index (χ1) is 7.46. The van der Waals surface area contributed by atoms with Crippen LogP contribution in [0.3, 0.4) is 0 Å². The van der Waals surface area contributed by atoms with Crippen molar-refractivity contribution in [3.8, 4) is 0 Å². The van der Waals surface area contributed by atoms with Gasteiger partial charge in [-0.15, -0.1) is 0 Å². The predicted molar refractivity (Wildman–Crippen MR) is 67.3 cm³/mol. The lowest BCUT2D eigenvalue weighted by atomic mass is 9.83. The molecule has 2 nitrogen and oxygen atoms in total. The van der Waals surface area contributed by atoms with Crippen molar-refractivity contribution >= 4 is 15.9 Å². The fourth-order valence-electron chi connectivity index (χ4n) is 2.37. The summed E-state index contributed by atoms with van der Waals surface area (Å²) in [5.74, 6) is 0.381. The Bertz CT molecular complexity index is 359. The zero-order valence-electron chi connectivity index (χ0n) is 9.61. The third-order valence-electron chi connectivity index (χ3n) is 3.02. The van der Waals surface area contributed by atoms with Gasteiger partial charge >= 0.3 is 0 Å². The third-order valence-corrected chi connectivity index (χ3v) is 3.55. The highest BCUT2D eigenvalue weighted by molar-refractivity contribution is 9.10. The van der Waals surface area contributed by atoms with Crippen molar-refractivity contribution in [1.82, 2.24) is 0 Å². The van der Waals surface area contributed by atoms with Crippen LogP contribution < -0.4 is 0 Å². The van der Waals surface area contributed by atoms with E-state index < -0.39 is 6.29 Å². The molecule has 0 aliphatic carbocycles. The quantitative estimate of drug-likeness (QED) is 0.856. The average molecular weight is 285 g/mol. The minimum Gasteiger partial charge on any atom is -0.368 e. The molecule has 0 saturated carbocycles. The van der Waals surface area contributed by atoms with Crippen LogP contribution in [0.4, 0.5) is 0 Å². The van der Waals surface area contributed by atoms with Crippen molar-refractivity contribution in [3.05, 3.63) is 34.3 Å². The van der Waals surface area contributed by atoms with Gasteiger partial charge in [0.05, 0.1) is 5.60 Å². The maximum atomic E-state index is 9.70. The molecule has 0 amide bonds. The van der Waals surface area contributed by atoms with Crippen LogP contribution in [0.1, 0.15) is 38.2 Å². The molecule has 0 bridgehead atoms. The topological polar surface area (TPSA) is 29.5 Å². The van der Waals surface area contributed by atoms with Gasteiger partial charge in [-0.05, 0) is 43.9 Å². The molecule has 1 aromatic rings. The van der Waals surface area contributed by atoms with E-state index in [9.17, 15) is 5.11 Å². The van der Waals surface area contributed by atoms with E-state index in [2.05, 4.69) is 28.1 Å². The molecule has 1 aliphatic heterocycles. The van der Waals surface area contributed by atoms with Crippen LogP contribution in [-0.4, -0.2) is 17.0 Å². The van der Waals surface area contributed by atoms with Gasteiger partial charge in [0.2, 0.25) is 0 Å². The fraction of sp³-hybridized carbons (Fsp3) is 0.538. The standard InChI is InChI=1S/C13H17BrO2/c1-13(2)8-10(7-12(15)16-13)9-3-5-11(14)6-4-9/h3-6,10,12,15H,7-8H2,1-2H3/t10-,12?/m0/s1. The van der Waals surface area contributed by atoms with Crippen LogP contribution in [-0.2, 0) is 4.74 Å². The summed E-state index contributed by atoms with van der Waals surface area (Å²) in [7, 11) is 0. The molecule has 1 aromatic carbocycles. The predicted octanol–water partition coefficient (Wildman–Crippen LogP) is 3.44. The Labute approximate surface area is 105 Å². The molecule has 3 heteroatoms. The second-order valence-electron chi connectivity index (χ2n) is 5.02. The first-order valence-electron chi connectivity index (χ1n) is 5.58. The minimum absolute atomic E-state index is 0.241. The molecule has 2 atom stereocenters. The van der Waals surface area contributed by atoms with E-state index in [1.54, 1.807) is 0 Å². The first-order valence-corrected chi connectivity index (χ1v) is 6.37. The SMILES string of the molecule is CC1(C)C[C@@H](c2ccc(Br)cc2)CC(O)O1. The molecule has 1 saturated heterocycles. The lowest BCUT2D eigenvalue weighted by molar-refractivity contribution is -0.204. The number of halogens is 1. The zero-order valence-corrected chi connectivity index (χ0v) is 11.2. The summed E-state index contributed by atoms with van der Waals surface area (Å²) < 4.78 is 6.58. The summed E-state index contributed by atoms with van der Waals surface area (Å²) in [6.07, 6.45) is 0.994. The van der Waals surface area contributed by atoms with Gasteiger partial charge in [-0.1, -0.05) is 28.1 Å². The van der Waals surface area contributed by atoms with Crippen molar-refractivity contribution in [2.75, 3.05) is 0 Å². The Balaban J connectivity index is 2.17. The summed E-state index contributed by atoms with van der Waals surface area (Å²) >= 11 is 3.43. The van der Waals surface area contributed by atoms with Crippen molar-refractivity contribution in [2.45, 2.75) is 44.5 Å². The molecular weight excluding hydrogens is 268 g/mol. The molecule has 88 valence electrons. The van der Waals surface area contributed by atoms with Gasteiger partial charge in [0, 0.05) is 10.9 Å². The number of hydrogen-bond acceptors (Lipinski definition) is 2. The number of aliphatic hydroxyl groups is 1. The number of benzene rings is 1. The lowest BCUT2D eigenvalue weighted by Crippen LogP contribution is -2.38. The van der Waals surface area contributed by atoms with Gasteiger partial charge in [-0.2, -0.15) is 0 Å². The third kappa shape index (κ3) is 2.84. The molecule has 1 heterocycles. The minimum atomic E-state index is -0.641. The van der Waals surface area contributed by atoms with E-state index in [0.717, 1.165) is 10.9 Å². The highest BCUT2D eigenvalue weighted by atomic mass is 79.9. The molecule has 1 fully saturated rings. The summed E-state index contributed by atoms with van der Waals surface area (Å²) in [5, 5.41) is 9.70. The van der Waals surface area contributed by atoms with Crippen molar-refractivity contribution in [1.29, 1.82) is 0 Å². The Morgan fingerprint density at radius 3 is 2.50 bits per heavy atom. The number of hydrogen-bond donors (Lipinski definition) is 1. The Morgan fingerprint density at radius 1 is 1.31 bits per heavy atom. The van der Waals surface area contributed by atoms with Gasteiger partial charge in [0.15, 0.2) is 6.29 Å². The highest BCUT2D eigenvalue weighted by Crippen LogP contribution is 2.38. The van der Waals surface area contributed by atoms with E-state index in [0.29, 0.717) is 12.3 Å². The molecule has 16 heavy (non-hydrogen) atoms. The van der Waals surface area contributed by atoms with Crippen LogP contribution in [0.25, 0.3) is 0 Å². The van der Waals surface area contributed by atoms with Crippen molar-refractivity contribution < 1.29 is 9.84 Å². The molecule has 1 aliphatic rings. The molecule has 0 spiro atoms. The Morgan fingerprint density at radius 2 is 1.94 bits per heavy atom. The molecule has 1 N–H and O–H groups in total. The summed E-state index contributed by atoms with van der Waals surface area (Å²) in [4.78, 5) is 0. The average Bonchev–Trinajstić information content (AvgIpc) is 2.15. The maximum absolute atomic E-state index is 9.70. The lowest BCUT2D eigenvalue weighted by Gasteiger charge is -2.38. The van der Waals surface area contributed by atoms with Gasteiger partial charge in [-0.3, -0.25) is 0 Å². The first kappa shape index (κ1) is 12.1. The van der Waals surface area contributed by atoms with Crippen LogP contribution >= 0.6 is 15.9 Å². The van der Waals surface area contributed by atoms with Gasteiger partial charge in [0.1, 0.15) is 0 Å². The van der Waals surface area contributed by atoms with E-state index >= 15 is 0 Å². The summed E-state index contributed by atoms with van der Waals surface area (Å²) in [6.45, 7) is 4.06. The number of aliphatic hydroxyl groups excluding tert-OH is 1. The Kier molecular flexibility index (Phi) is 3.38. The smallest absolute Gasteiger partial charge is 0.155 e. The molecule has 2 rings (SSSR count). The van der Waals surface area contributed by atoms with E-state index in [1.807, 2.05) is 26.0 Å². The second-order valence-corrected chi connectivity index (χ2v) is 5.94. The largest absolute Gasteiger partial charge is 0.368 e. The van der Waals surface area contributed by atoms with E-state index in [-0.39, 0.29) is 5.60 Å². The molecule has 1 unspecified atom stereocenters. The van der Waals surface area contributed by atoms with Crippen LogP contribution in [0, 0.1) is 0 Å². The number of ether oxygens (including phenoxy) is 1. The van der Waals surface area contributed by atoms with E-state index in [1.165, 1.54) is 5.56 Å². The fourth-order valence-corrected chi connectivity index (χ4v) is 2.64. The van der Waals surface area contributed by atoms with Gasteiger partial charge in [-0.25, -0.2) is 0 Å². The van der Waals surface area contributed by atoms with Crippen LogP contribution in [0.5, 0.6) is 0 Å². The normalized spacial score (nSPS) is 29.0. The van der Waals surface area contributed by atoms with Gasteiger partial charge in [0.25, 0.3) is 0 Å². The molecule has 0 aromatic heterocycles.